The number of nitrogens with zero attached hydrogens (tertiary/aromatic N) is 1. The van der Waals surface area contributed by atoms with Gasteiger partial charge in [-0.25, -0.2) is 13.1 Å². The zero-order valence-corrected chi connectivity index (χ0v) is 19.5. The van der Waals surface area contributed by atoms with Gasteiger partial charge in [-0.2, -0.15) is 0 Å². The second-order valence-electron chi connectivity index (χ2n) is 8.53. The molecule has 0 bridgehead atoms. The molecule has 1 N–H and O–H groups in total. The number of hydrogen-bond donors (Lipinski definition) is 1. The van der Waals surface area contributed by atoms with Crippen LogP contribution in [0, 0.1) is 0 Å². The first-order valence-electron chi connectivity index (χ1n) is 10.4. The molecule has 4 rings (SSSR count). The molecule has 1 aliphatic heterocycles. The molecule has 32 heavy (non-hydrogen) atoms. The van der Waals surface area contributed by atoms with Crippen molar-refractivity contribution >= 4 is 33.4 Å². The maximum atomic E-state index is 13.6. The Morgan fingerprint density at radius 2 is 1.66 bits per heavy atom. The fourth-order valence-corrected chi connectivity index (χ4v) is 5.55. The van der Waals surface area contributed by atoms with Crippen molar-refractivity contribution in [3.8, 4) is 5.75 Å². The number of amides is 2. The number of methoxy groups -OCH3 is 1. The van der Waals surface area contributed by atoms with E-state index in [1.54, 1.807) is 19.1 Å². The zero-order chi connectivity index (χ0) is 23.1. The zero-order valence-electron chi connectivity index (χ0n) is 17.9. The van der Waals surface area contributed by atoms with E-state index < -0.39 is 26.9 Å². The van der Waals surface area contributed by atoms with Crippen molar-refractivity contribution in [1.29, 1.82) is 0 Å². The highest BCUT2D eigenvalue weighted by Crippen LogP contribution is 2.48. The molecule has 2 fully saturated rings. The summed E-state index contributed by atoms with van der Waals surface area (Å²) >= 11 is 6.01. The number of ether oxygens (including phenoxy) is 1. The molecule has 9 heteroatoms. The first kappa shape index (κ1) is 22.6. The van der Waals surface area contributed by atoms with E-state index in [0.717, 1.165) is 12.0 Å². The Bertz CT molecular complexity index is 1140. The Morgan fingerprint density at radius 3 is 2.12 bits per heavy atom. The predicted molar refractivity (Wildman–Crippen MR) is 120 cm³/mol. The summed E-state index contributed by atoms with van der Waals surface area (Å²) in [5, 5.41) is 0.590. The molecule has 1 unspecified atom stereocenters. The number of likely N-dealkylation sites (tertiary alicyclic amines) is 1. The topological polar surface area (TPSA) is 92.8 Å². The van der Waals surface area contributed by atoms with Crippen LogP contribution in [0.1, 0.15) is 38.2 Å². The van der Waals surface area contributed by atoms with Crippen molar-refractivity contribution in [3.63, 3.8) is 0 Å². The highest BCUT2D eigenvalue weighted by atomic mass is 35.5. The molecule has 2 aromatic rings. The van der Waals surface area contributed by atoms with E-state index in [0.29, 0.717) is 36.6 Å². The monoisotopic (exact) mass is 476 g/mol. The maximum Gasteiger partial charge on any atom is 0.264 e. The first-order chi connectivity index (χ1) is 15.1. The maximum absolute atomic E-state index is 13.6. The van der Waals surface area contributed by atoms with Gasteiger partial charge in [0.15, 0.2) is 0 Å². The molecule has 170 valence electrons. The summed E-state index contributed by atoms with van der Waals surface area (Å²) in [4.78, 5) is 28.1. The van der Waals surface area contributed by atoms with Gasteiger partial charge in [0.25, 0.3) is 15.9 Å². The smallest absolute Gasteiger partial charge is 0.264 e. The van der Waals surface area contributed by atoms with E-state index in [9.17, 15) is 18.0 Å². The average molecular weight is 477 g/mol. The Labute approximate surface area is 192 Å². The highest BCUT2D eigenvalue weighted by molar-refractivity contribution is 7.90. The molecule has 2 aliphatic rings. The van der Waals surface area contributed by atoms with E-state index >= 15 is 0 Å². The van der Waals surface area contributed by atoms with Crippen LogP contribution in [0.4, 0.5) is 0 Å². The third kappa shape index (κ3) is 3.65. The minimum absolute atomic E-state index is 0.0518. The van der Waals surface area contributed by atoms with E-state index in [2.05, 4.69) is 4.72 Å². The summed E-state index contributed by atoms with van der Waals surface area (Å²) in [6.45, 7) is 2.02. The second kappa shape index (κ2) is 8.08. The number of carbonyl (C=O) groups excluding carboxylic acids is 2. The van der Waals surface area contributed by atoms with E-state index in [4.69, 9.17) is 16.3 Å². The Morgan fingerprint density at radius 1 is 1.03 bits per heavy atom. The first-order valence-corrected chi connectivity index (χ1v) is 12.3. The van der Waals surface area contributed by atoms with Crippen molar-refractivity contribution in [2.45, 2.75) is 48.5 Å². The van der Waals surface area contributed by atoms with Gasteiger partial charge in [-0.15, -0.1) is 0 Å². The molecule has 1 saturated carbocycles. The fourth-order valence-electron chi connectivity index (χ4n) is 4.35. The molecule has 0 aromatic heterocycles. The SMILES string of the molecule is COc1ccc(S(=O)(=O)NC(=O)C2(C)CCN2C(=O)C2(c3ccc(Cl)cc3)CCC2)cc1. The normalized spacial score (nSPS) is 21.8. The molecule has 7 nitrogen and oxygen atoms in total. The number of rotatable bonds is 6. The summed E-state index contributed by atoms with van der Waals surface area (Å²) < 4.78 is 32.7. The van der Waals surface area contributed by atoms with Crippen LogP contribution in [-0.4, -0.2) is 44.3 Å². The van der Waals surface area contributed by atoms with Gasteiger partial charge in [0.2, 0.25) is 5.91 Å². The number of carbonyl (C=O) groups is 2. The van der Waals surface area contributed by atoms with Gasteiger partial charge in [0, 0.05) is 11.6 Å². The third-order valence-electron chi connectivity index (χ3n) is 6.76. The lowest BCUT2D eigenvalue weighted by molar-refractivity contribution is -0.163. The van der Waals surface area contributed by atoms with Crippen LogP contribution in [-0.2, 0) is 25.0 Å². The van der Waals surface area contributed by atoms with Gasteiger partial charge in [-0.1, -0.05) is 30.2 Å². The number of sulfonamides is 1. The van der Waals surface area contributed by atoms with Crippen molar-refractivity contribution in [2.24, 2.45) is 0 Å². The van der Waals surface area contributed by atoms with Crippen LogP contribution < -0.4 is 9.46 Å². The lowest BCUT2D eigenvalue weighted by Crippen LogP contribution is -2.71. The summed E-state index contributed by atoms with van der Waals surface area (Å²) in [5.41, 5.74) is -1.05. The summed E-state index contributed by atoms with van der Waals surface area (Å²) in [6.07, 6.45) is 2.67. The van der Waals surface area contributed by atoms with Gasteiger partial charge < -0.3 is 9.64 Å². The molecule has 1 heterocycles. The van der Waals surface area contributed by atoms with E-state index in [1.807, 2.05) is 12.1 Å². The average Bonchev–Trinajstić information content (AvgIpc) is 2.72. The molecule has 1 atom stereocenters. The minimum atomic E-state index is -4.08. The molecule has 1 aliphatic carbocycles. The summed E-state index contributed by atoms with van der Waals surface area (Å²) in [7, 11) is -2.61. The largest absolute Gasteiger partial charge is 0.497 e. The van der Waals surface area contributed by atoms with Gasteiger partial charge in [-0.3, -0.25) is 9.59 Å². The molecular formula is C23H25ClN2O5S. The molecule has 2 aromatic carbocycles. The molecular weight excluding hydrogens is 452 g/mol. The van der Waals surface area contributed by atoms with Crippen LogP contribution in [0.25, 0.3) is 0 Å². The van der Waals surface area contributed by atoms with Crippen LogP contribution in [0.3, 0.4) is 0 Å². The number of nitrogens with one attached hydrogen (secondary N) is 1. The lowest BCUT2D eigenvalue weighted by atomic mass is 9.62. The Hall–Kier alpha value is -2.58. The van der Waals surface area contributed by atoms with Gasteiger partial charge in [0.1, 0.15) is 11.3 Å². The molecule has 1 saturated heterocycles. The quantitative estimate of drug-likeness (QED) is 0.690. The molecule has 0 radical (unpaired) electrons. The summed E-state index contributed by atoms with van der Waals surface area (Å²) in [6, 6.07) is 13.0. The lowest BCUT2D eigenvalue weighted by Gasteiger charge is -2.54. The van der Waals surface area contributed by atoms with Gasteiger partial charge in [-0.05, 0) is 68.1 Å². The summed E-state index contributed by atoms with van der Waals surface area (Å²) in [5.74, 6) is -0.346. The van der Waals surface area contributed by atoms with Crippen LogP contribution in [0.5, 0.6) is 5.75 Å². The second-order valence-corrected chi connectivity index (χ2v) is 10.7. The standard InChI is InChI=1S/C23H25ClN2O5S/c1-22(20(27)25-32(29,30)19-10-8-18(31-2)9-11-19)14-15-26(22)21(28)23(12-3-13-23)16-4-6-17(24)7-5-16/h4-11H,3,12-15H2,1-2H3,(H,25,27). The van der Waals surface area contributed by atoms with Crippen molar-refractivity contribution in [3.05, 3.63) is 59.1 Å². The Balaban J connectivity index is 1.54. The highest BCUT2D eigenvalue weighted by Gasteiger charge is 2.57. The fraction of sp³-hybridized carbons (Fsp3) is 0.391. The number of halogens is 1. The van der Waals surface area contributed by atoms with Crippen molar-refractivity contribution in [1.82, 2.24) is 9.62 Å². The number of hydrogen-bond acceptors (Lipinski definition) is 5. The third-order valence-corrected chi connectivity index (χ3v) is 8.36. The minimum Gasteiger partial charge on any atom is -0.497 e. The predicted octanol–water partition coefficient (Wildman–Crippen LogP) is 3.27. The van der Waals surface area contributed by atoms with Crippen LogP contribution >= 0.6 is 11.6 Å². The van der Waals surface area contributed by atoms with Gasteiger partial charge >= 0.3 is 0 Å². The van der Waals surface area contributed by atoms with Gasteiger partial charge in [0.05, 0.1) is 17.4 Å². The van der Waals surface area contributed by atoms with E-state index in [1.165, 1.54) is 36.3 Å². The van der Waals surface area contributed by atoms with Crippen LogP contribution in [0.15, 0.2) is 53.4 Å². The van der Waals surface area contributed by atoms with E-state index in [-0.39, 0.29) is 10.8 Å². The Kier molecular flexibility index (Phi) is 5.71. The van der Waals surface area contributed by atoms with Crippen molar-refractivity contribution < 1.29 is 22.7 Å². The van der Waals surface area contributed by atoms with Crippen LogP contribution in [0.2, 0.25) is 5.02 Å². The number of benzene rings is 2. The molecule has 2 amide bonds. The van der Waals surface area contributed by atoms with Crippen molar-refractivity contribution in [2.75, 3.05) is 13.7 Å². The molecule has 0 spiro atoms.